The minimum Gasteiger partial charge on any atom is -0.0755 e. The summed E-state index contributed by atoms with van der Waals surface area (Å²) in [6.45, 7) is 7.24. The van der Waals surface area contributed by atoms with Gasteiger partial charge in [-0.15, -0.1) is 0 Å². The molecule has 2 unspecified atom stereocenters. The van der Waals surface area contributed by atoms with E-state index in [1.807, 2.05) is 0 Å². The highest BCUT2D eigenvalue weighted by Crippen LogP contribution is 2.55. The van der Waals surface area contributed by atoms with Crippen LogP contribution in [0.1, 0.15) is 63.5 Å². The van der Waals surface area contributed by atoms with Gasteiger partial charge >= 0.3 is 0 Å². The number of allylic oxidation sites excluding steroid dienone is 9. The minimum absolute atomic E-state index is 0.102. The van der Waals surface area contributed by atoms with Gasteiger partial charge in [0.05, 0.1) is 0 Å². The van der Waals surface area contributed by atoms with Gasteiger partial charge in [0, 0.05) is 17.3 Å². The fraction of sp³-hybridized carbons (Fsp3) is 0.385. The smallest absolute Gasteiger partial charge is 0.0242 e. The monoisotopic (exact) mass is 340 g/mol. The topological polar surface area (TPSA) is 0 Å². The molecule has 0 amide bonds. The average molecular weight is 341 g/mol. The highest BCUT2D eigenvalue weighted by molar-refractivity contribution is 5.66. The van der Waals surface area contributed by atoms with Crippen molar-refractivity contribution in [3.8, 4) is 0 Å². The van der Waals surface area contributed by atoms with E-state index in [9.17, 15) is 0 Å². The quantitative estimate of drug-likeness (QED) is 0.537. The molecule has 1 aromatic rings. The lowest BCUT2D eigenvalue weighted by Gasteiger charge is -2.36. The van der Waals surface area contributed by atoms with Gasteiger partial charge in [-0.25, -0.2) is 0 Å². The Hall–Kier alpha value is -2.08. The molecule has 0 saturated carbocycles. The third-order valence-corrected chi connectivity index (χ3v) is 7.05. The summed E-state index contributed by atoms with van der Waals surface area (Å²) in [4.78, 5) is 0. The van der Waals surface area contributed by atoms with Crippen molar-refractivity contribution < 1.29 is 0 Å². The molecule has 0 N–H and O–H groups in total. The van der Waals surface area contributed by atoms with Gasteiger partial charge in [-0.05, 0) is 60.5 Å². The highest BCUT2D eigenvalue weighted by atomic mass is 14.4. The van der Waals surface area contributed by atoms with Crippen LogP contribution in [0.25, 0.3) is 6.08 Å². The molecule has 0 radical (unpaired) electrons. The summed E-state index contributed by atoms with van der Waals surface area (Å²) in [5.74, 6) is 1.00. The molecule has 0 heterocycles. The van der Waals surface area contributed by atoms with Gasteiger partial charge in [0.15, 0.2) is 0 Å². The Morgan fingerprint density at radius 1 is 0.962 bits per heavy atom. The second-order valence-corrected chi connectivity index (χ2v) is 8.94. The lowest BCUT2D eigenvalue weighted by atomic mass is 9.67. The number of hydrogen-bond acceptors (Lipinski definition) is 0. The largest absolute Gasteiger partial charge is 0.0755 e. The van der Waals surface area contributed by atoms with Crippen molar-refractivity contribution in [2.75, 3.05) is 0 Å². The minimum atomic E-state index is 0.102. The Balaban J connectivity index is 1.60. The molecule has 0 spiro atoms. The first-order valence-electron chi connectivity index (χ1n) is 10.2. The van der Waals surface area contributed by atoms with Gasteiger partial charge in [0.1, 0.15) is 0 Å². The second kappa shape index (κ2) is 5.71. The normalized spacial score (nSPS) is 26.8. The molecule has 5 rings (SSSR count). The van der Waals surface area contributed by atoms with Crippen molar-refractivity contribution >= 4 is 6.08 Å². The maximum Gasteiger partial charge on any atom is 0.0242 e. The Morgan fingerprint density at radius 3 is 2.65 bits per heavy atom. The number of rotatable bonds is 2. The predicted octanol–water partition coefficient (Wildman–Crippen LogP) is 7.14. The molecule has 0 aliphatic heterocycles. The summed E-state index contributed by atoms with van der Waals surface area (Å²) < 4.78 is 0. The van der Waals surface area contributed by atoms with Crippen LogP contribution in [0.5, 0.6) is 0 Å². The molecule has 132 valence electrons. The molecule has 4 aliphatic rings. The van der Waals surface area contributed by atoms with E-state index in [0.717, 1.165) is 0 Å². The lowest BCUT2D eigenvalue weighted by molar-refractivity contribution is 0.403. The fourth-order valence-electron chi connectivity index (χ4n) is 5.88. The van der Waals surface area contributed by atoms with Gasteiger partial charge in [-0.2, -0.15) is 0 Å². The molecular formula is C26H28. The van der Waals surface area contributed by atoms with Crippen molar-refractivity contribution in [3.63, 3.8) is 0 Å². The van der Waals surface area contributed by atoms with E-state index in [-0.39, 0.29) is 5.41 Å². The van der Waals surface area contributed by atoms with Crippen LogP contribution >= 0.6 is 0 Å². The van der Waals surface area contributed by atoms with E-state index in [0.29, 0.717) is 11.8 Å². The zero-order valence-corrected chi connectivity index (χ0v) is 16.2. The first-order valence-corrected chi connectivity index (χ1v) is 10.2. The van der Waals surface area contributed by atoms with Gasteiger partial charge < -0.3 is 0 Å². The lowest BCUT2D eigenvalue weighted by Crippen LogP contribution is -2.24. The van der Waals surface area contributed by atoms with E-state index >= 15 is 0 Å². The maximum absolute atomic E-state index is 2.56. The van der Waals surface area contributed by atoms with Crippen molar-refractivity contribution in [1.29, 1.82) is 0 Å². The molecule has 0 saturated heterocycles. The Bertz CT molecular complexity index is 927. The first-order chi connectivity index (χ1) is 12.6. The first kappa shape index (κ1) is 16.1. The van der Waals surface area contributed by atoms with Crippen molar-refractivity contribution in [3.05, 3.63) is 87.6 Å². The standard InChI is InChI=1S/C26H28/c1-17-16-23-20-10-6-4-8-18(20)12-14-22(23)25(17)26(2,3)24-15-13-19-9-5-7-11-21(19)24/h5,7,9,11-16,23-24H,4,6,8,10H2,1-3H3. The molecule has 26 heavy (non-hydrogen) atoms. The van der Waals surface area contributed by atoms with Crippen LogP contribution in [0, 0.1) is 11.3 Å². The van der Waals surface area contributed by atoms with E-state index < -0.39 is 0 Å². The van der Waals surface area contributed by atoms with Crippen LogP contribution in [-0.4, -0.2) is 0 Å². The summed E-state index contributed by atoms with van der Waals surface area (Å²) in [6.07, 6.45) is 17.5. The van der Waals surface area contributed by atoms with E-state index in [1.54, 1.807) is 22.3 Å². The van der Waals surface area contributed by atoms with Gasteiger partial charge in [-0.1, -0.05) is 79.6 Å². The third-order valence-electron chi connectivity index (χ3n) is 7.05. The van der Waals surface area contributed by atoms with Gasteiger partial charge in [-0.3, -0.25) is 0 Å². The van der Waals surface area contributed by atoms with E-state index in [1.165, 1.54) is 42.4 Å². The van der Waals surface area contributed by atoms with Crippen molar-refractivity contribution in [2.24, 2.45) is 11.3 Å². The van der Waals surface area contributed by atoms with Crippen LogP contribution in [-0.2, 0) is 0 Å². The van der Waals surface area contributed by atoms with Crippen molar-refractivity contribution in [1.82, 2.24) is 0 Å². The number of hydrogen-bond donors (Lipinski definition) is 0. The zero-order valence-electron chi connectivity index (χ0n) is 16.2. The molecule has 0 bridgehead atoms. The molecule has 0 nitrogen and oxygen atoms in total. The Kier molecular flexibility index (Phi) is 3.54. The maximum atomic E-state index is 2.56. The SMILES string of the molecule is CC1=CC2C(=C1C(C)(C)C1C=Cc3ccccc31)C=CC1=C2CCCC1. The van der Waals surface area contributed by atoms with Crippen LogP contribution in [0.3, 0.4) is 0 Å². The fourth-order valence-corrected chi connectivity index (χ4v) is 5.88. The van der Waals surface area contributed by atoms with Gasteiger partial charge in [0.2, 0.25) is 0 Å². The number of benzene rings is 1. The number of fused-ring (bicyclic) bond motifs is 3. The second-order valence-electron chi connectivity index (χ2n) is 8.94. The van der Waals surface area contributed by atoms with Crippen LogP contribution in [0.2, 0.25) is 0 Å². The molecule has 0 aromatic heterocycles. The predicted molar refractivity (Wildman–Crippen MR) is 111 cm³/mol. The van der Waals surface area contributed by atoms with Crippen molar-refractivity contribution in [2.45, 2.75) is 52.4 Å². The van der Waals surface area contributed by atoms with E-state index in [2.05, 4.69) is 75.4 Å². The molecular weight excluding hydrogens is 312 g/mol. The molecule has 1 aromatic carbocycles. The summed E-state index contributed by atoms with van der Waals surface area (Å²) in [5.41, 5.74) is 11.0. The molecule has 0 fully saturated rings. The third kappa shape index (κ3) is 2.21. The summed E-state index contributed by atoms with van der Waals surface area (Å²) in [5, 5.41) is 0. The molecule has 0 heteroatoms. The Labute approximate surface area is 157 Å². The summed E-state index contributed by atoms with van der Waals surface area (Å²) in [7, 11) is 0. The summed E-state index contributed by atoms with van der Waals surface area (Å²) >= 11 is 0. The highest BCUT2D eigenvalue weighted by Gasteiger charge is 2.41. The average Bonchev–Trinajstić information content (AvgIpc) is 3.22. The molecule has 4 aliphatic carbocycles. The summed E-state index contributed by atoms with van der Waals surface area (Å²) in [6, 6.07) is 8.90. The van der Waals surface area contributed by atoms with Gasteiger partial charge in [0.25, 0.3) is 0 Å². The van der Waals surface area contributed by atoms with E-state index in [4.69, 9.17) is 0 Å². The zero-order chi connectivity index (χ0) is 17.9. The molecule has 2 atom stereocenters. The van der Waals surface area contributed by atoms with Crippen LogP contribution in [0.15, 0.2) is 76.4 Å². The van der Waals surface area contributed by atoms with Crippen LogP contribution < -0.4 is 0 Å². The Morgan fingerprint density at radius 2 is 1.77 bits per heavy atom. The van der Waals surface area contributed by atoms with Crippen LogP contribution in [0.4, 0.5) is 0 Å².